The van der Waals surface area contributed by atoms with Crippen LogP contribution >= 0.6 is 11.8 Å². The fraction of sp³-hybridized carbons (Fsp3) is 0.438. The Labute approximate surface area is 134 Å². The molecule has 0 spiro atoms. The fourth-order valence-electron chi connectivity index (χ4n) is 2.08. The van der Waals surface area contributed by atoms with Crippen LogP contribution in [0.4, 0.5) is 0 Å². The predicted molar refractivity (Wildman–Crippen MR) is 90.3 cm³/mol. The van der Waals surface area contributed by atoms with Crippen molar-refractivity contribution in [2.75, 3.05) is 5.75 Å². The number of hydrogen-bond acceptors (Lipinski definition) is 4. The fourth-order valence-corrected chi connectivity index (χ4v) is 2.85. The van der Waals surface area contributed by atoms with E-state index in [1.165, 1.54) is 16.3 Å². The second kappa shape index (κ2) is 6.12. The van der Waals surface area contributed by atoms with Crippen LogP contribution in [0.2, 0.25) is 0 Å². The highest BCUT2D eigenvalue weighted by Crippen LogP contribution is 2.17. The van der Waals surface area contributed by atoms with Crippen LogP contribution in [0, 0.1) is 6.92 Å². The van der Waals surface area contributed by atoms with E-state index in [-0.39, 0.29) is 22.8 Å². The number of benzene rings is 1. The molecular formula is C16H21N3O2S. The number of fused-ring (bicyclic) bond motifs is 1. The zero-order chi connectivity index (χ0) is 16.5. The first-order valence-corrected chi connectivity index (χ1v) is 8.07. The van der Waals surface area contributed by atoms with Crippen molar-refractivity contribution in [1.82, 2.24) is 14.9 Å². The molecule has 0 saturated heterocycles. The quantitative estimate of drug-likeness (QED) is 0.696. The summed E-state index contributed by atoms with van der Waals surface area (Å²) in [4.78, 5) is 28.8. The van der Waals surface area contributed by atoms with Gasteiger partial charge in [-0.25, -0.2) is 4.98 Å². The third-order valence-electron chi connectivity index (χ3n) is 3.04. The molecule has 1 aromatic heterocycles. The van der Waals surface area contributed by atoms with E-state index in [1.807, 2.05) is 45.9 Å². The van der Waals surface area contributed by atoms with Crippen molar-refractivity contribution in [1.29, 1.82) is 0 Å². The van der Waals surface area contributed by atoms with Crippen molar-refractivity contribution in [2.45, 2.75) is 38.4 Å². The van der Waals surface area contributed by atoms with E-state index in [2.05, 4.69) is 10.3 Å². The van der Waals surface area contributed by atoms with Gasteiger partial charge in [0.15, 0.2) is 5.16 Å². The van der Waals surface area contributed by atoms with Gasteiger partial charge in [-0.2, -0.15) is 0 Å². The van der Waals surface area contributed by atoms with Gasteiger partial charge in [-0.15, -0.1) is 0 Å². The number of carbonyl (C=O) groups is 1. The van der Waals surface area contributed by atoms with Crippen molar-refractivity contribution in [3.05, 3.63) is 34.1 Å². The Morgan fingerprint density at radius 2 is 2.05 bits per heavy atom. The van der Waals surface area contributed by atoms with Gasteiger partial charge in [0.1, 0.15) is 0 Å². The lowest BCUT2D eigenvalue weighted by molar-refractivity contribution is -0.119. The summed E-state index contributed by atoms with van der Waals surface area (Å²) < 4.78 is 1.50. The maximum Gasteiger partial charge on any atom is 0.261 e. The first kappa shape index (κ1) is 16.5. The van der Waals surface area contributed by atoms with Crippen LogP contribution in [-0.4, -0.2) is 26.8 Å². The molecule has 0 radical (unpaired) electrons. The smallest absolute Gasteiger partial charge is 0.261 e. The molecule has 1 amide bonds. The van der Waals surface area contributed by atoms with Crippen LogP contribution in [0.15, 0.2) is 28.2 Å². The molecule has 0 aliphatic carbocycles. The van der Waals surface area contributed by atoms with Crippen LogP contribution in [0.25, 0.3) is 10.9 Å². The molecular weight excluding hydrogens is 298 g/mol. The Bertz CT molecular complexity index is 775. The summed E-state index contributed by atoms with van der Waals surface area (Å²) in [6.07, 6.45) is 0. The Morgan fingerprint density at radius 3 is 2.68 bits per heavy atom. The van der Waals surface area contributed by atoms with Gasteiger partial charge in [0.2, 0.25) is 5.91 Å². The average molecular weight is 319 g/mol. The van der Waals surface area contributed by atoms with E-state index in [9.17, 15) is 9.59 Å². The van der Waals surface area contributed by atoms with Crippen molar-refractivity contribution < 1.29 is 4.79 Å². The molecule has 1 heterocycles. The van der Waals surface area contributed by atoms with E-state index in [0.717, 1.165) is 5.56 Å². The van der Waals surface area contributed by atoms with Crippen LogP contribution in [0.5, 0.6) is 0 Å². The number of thioether (sulfide) groups is 1. The summed E-state index contributed by atoms with van der Waals surface area (Å²) in [6.45, 7) is 7.74. The summed E-state index contributed by atoms with van der Waals surface area (Å²) in [5.74, 6) is 0.158. The molecule has 0 aliphatic heterocycles. The molecule has 1 N–H and O–H groups in total. The van der Waals surface area contributed by atoms with E-state index in [0.29, 0.717) is 16.1 Å². The van der Waals surface area contributed by atoms with E-state index < -0.39 is 0 Å². The second-order valence-electron chi connectivity index (χ2n) is 6.37. The maximum atomic E-state index is 12.4. The monoisotopic (exact) mass is 319 g/mol. The molecule has 2 rings (SSSR count). The maximum absolute atomic E-state index is 12.4. The molecule has 0 fully saturated rings. The summed E-state index contributed by atoms with van der Waals surface area (Å²) >= 11 is 1.27. The van der Waals surface area contributed by atoms with Gasteiger partial charge in [-0.05, 0) is 39.8 Å². The van der Waals surface area contributed by atoms with Gasteiger partial charge < -0.3 is 5.32 Å². The van der Waals surface area contributed by atoms with E-state index in [1.54, 1.807) is 7.05 Å². The number of aromatic nitrogens is 2. The SMILES string of the molecule is Cc1ccc2nc(SCC(=O)NC(C)(C)C)n(C)c(=O)c2c1. The van der Waals surface area contributed by atoms with Gasteiger partial charge in [0.05, 0.1) is 16.7 Å². The van der Waals surface area contributed by atoms with Gasteiger partial charge in [-0.3, -0.25) is 14.2 Å². The summed E-state index contributed by atoms with van der Waals surface area (Å²) in [6, 6.07) is 5.60. The molecule has 5 nitrogen and oxygen atoms in total. The largest absolute Gasteiger partial charge is 0.351 e. The molecule has 0 bridgehead atoms. The van der Waals surface area contributed by atoms with E-state index >= 15 is 0 Å². The van der Waals surface area contributed by atoms with E-state index in [4.69, 9.17) is 0 Å². The molecule has 22 heavy (non-hydrogen) atoms. The molecule has 0 unspecified atom stereocenters. The Kier molecular flexibility index (Phi) is 4.60. The Morgan fingerprint density at radius 1 is 1.36 bits per heavy atom. The number of rotatable bonds is 3. The minimum atomic E-state index is -0.266. The predicted octanol–water partition coefficient (Wildman–Crippen LogP) is 2.25. The highest BCUT2D eigenvalue weighted by Gasteiger charge is 2.15. The lowest BCUT2D eigenvalue weighted by Gasteiger charge is -2.20. The van der Waals surface area contributed by atoms with Crippen LogP contribution < -0.4 is 10.9 Å². The standard InChI is InChI=1S/C16H21N3O2S/c1-10-6-7-12-11(8-10)14(21)19(5)15(17-12)22-9-13(20)18-16(2,3)4/h6-8H,9H2,1-5H3,(H,18,20). The van der Waals surface area contributed by atoms with Gasteiger partial charge in [0.25, 0.3) is 5.56 Å². The highest BCUT2D eigenvalue weighted by molar-refractivity contribution is 7.99. The van der Waals surface area contributed by atoms with Gasteiger partial charge in [0, 0.05) is 12.6 Å². The van der Waals surface area contributed by atoms with Gasteiger partial charge >= 0.3 is 0 Å². The topological polar surface area (TPSA) is 64.0 Å². The lowest BCUT2D eigenvalue weighted by Crippen LogP contribution is -2.41. The molecule has 1 aromatic carbocycles. The minimum Gasteiger partial charge on any atom is -0.351 e. The summed E-state index contributed by atoms with van der Waals surface area (Å²) in [7, 11) is 1.68. The van der Waals surface area contributed by atoms with Crippen LogP contribution in [0.3, 0.4) is 0 Å². The molecule has 0 atom stereocenters. The van der Waals surface area contributed by atoms with Crippen molar-refractivity contribution in [2.24, 2.45) is 7.05 Å². The third-order valence-corrected chi connectivity index (χ3v) is 4.07. The first-order chi connectivity index (χ1) is 10.2. The molecule has 0 saturated carbocycles. The van der Waals surface area contributed by atoms with Crippen molar-refractivity contribution in [3.63, 3.8) is 0 Å². The third kappa shape index (κ3) is 3.88. The Balaban J connectivity index is 2.26. The number of nitrogens with one attached hydrogen (secondary N) is 1. The Hall–Kier alpha value is -1.82. The first-order valence-electron chi connectivity index (χ1n) is 7.08. The molecule has 6 heteroatoms. The summed E-state index contributed by atoms with van der Waals surface area (Å²) in [5.41, 5.74) is 1.33. The highest BCUT2D eigenvalue weighted by atomic mass is 32.2. The number of aryl methyl sites for hydroxylation is 1. The normalized spacial score (nSPS) is 11.7. The van der Waals surface area contributed by atoms with Gasteiger partial charge in [-0.1, -0.05) is 23.4 Å². The number of nitrogens with zero attached hydrogens (tertiary/aromatic N) is 2. The van der Waals surface area contributed by atoms with Crippen molar-refractivity contribution in [3.8, 4) is 0 Å². The van der Waals surface area contributed by atoms with Crippen molar-refractivity contribution >= 4 is 28.6 Å². The molecule has 0 aliphatic rings. The zero-order valence-corrected chi connectivity index (χ0v) is 14.4. The minimum absolute atomic E-state index is 0.0734. The second-order valence-corrected chi connectivity index (χ2v) is 7.31. The van der Waals surface area contributed by atoms with Crippen LogP contribution in [-0.2, 0) is 11.8 Å². The molecule has 118 valence electrons. The zero-order valence-electron chi connectivity index (χ0n) is 13.6. The summed E-state index contributed by atoms with van der Waals surface area (Å²) in [5, 5.41) is 4.04. The number of carbonyl (C=O) groups excluding carboxylic acids is 1. The average Bonchev–Trinajstić information content (AvgIpc) is 2.40. The number of amides is 1. The van der Waals surface area contributed by atoms with Crippen LogP contribution in [0.1, 0.15) is 26.3 Å². The lowest BCUT2D eigenvalue weighted by atomic mass is 10.1. The number of hydrogen-bond donors (Lipinski definition) is 1. The molecule has 2 aromatic rings.